The zero-order valence-corrected chi connectivity index (χ0v) is 23.2. The predicted octanol–water partition coefficient (Wildman–Crippen LogP) is 7.47. The number of quaternary nitrogens is 1. The van der Waals surface area contributed by atoms with Crippen molar-refractivity contribution >= 4 is 0 Å². The summed E-state index contributed by atoms with van der Waals surface area (Å²) in [4.78, 5) is 0. The molecule has 0 amide bonds. The van der Waals surface area contributed by atoms with Crippen molar-refractivity contribution in [3.05, 3.63) is 0 Å². The maximum Gasteiger partial charge on any atom is 0.0782 e. The lowest BCUT2D eigenvalue weighted by atomic mass is 10.0. The second kappa shape index (κ2) is 27.1. The van der Waals surface area contributed by atoms with Crippen LogP contribution in [0.25, 0.3) is 0 Å². The fourth-order valence-corrected chi connectivity index (χ4v) is 4.87. The van der Waals surface area contributed by atoms with Crippen molar-refractivity contribution in [2.24, 2.45) is 0 Å². The summed E-state index contributed by atoms with van der Waals surface area (Å²) < 4.78 is 1.25. The molecule has 0 N–H and O–H groups in total. The monoisotopic (exact) mass is 458 g/mol. The minimum absolute atomic E-state index is 0. The van der Waals surface area contributed by atoms with Gasteiger partial charge in [-0.3, -0.25) is 0 Å². The molecule has 0 heterocycles. The Morgan fingerprint density at radius 3 is 0.719 bits per heavy atom. The zero-order chi connectivity index (χ0) is 22.9. The van der Waals surface area contributed by atoms with E-state index < -0.39 is 0 Å². The molecule has 0 aliphatic rings. The minimum Gasteiger partial charge on any atom is -1.00 e. The molecule has 0 fully saturated rings. The van der Waals surface area contributed by atoms with Crippen molar-refractivity contribution in [2.45, 2.75) is 168 Å². The smallest absolute Gasteiger partial charge is 0.0782 e. The van der Waals surface area contributed by atoms with Crippen LogP contribution in [0.4, 0.5) is 0 Å². The summed E-state index contributed by atoms with van der Waals surface area (Å²) in [7, 11) is 4.91. The zero-order valence-electron chi connectivity index (χ0n) is 23.2. The third-order valence-electron chi connectivity index (χ3n) is 7.23. The number of halogens is 1. The van der Waals surface area contributed by atoms with Crippen LogP contribution in [0.3, 0.4) is 0 Å². The van der Waals surface area contributed by atoms with Crippen LogP contribution in [-0.2, 0) is 0 Å². The molecule has 0 aromatic heterocycles. The third-order valence-corrected chi connectivity index (χ3v) is 7.23. The number of hydrogen-bond acceptors (Lipinski definition) is 0. The minimum atomic E-state index is 0. The van der Waals surface area contributed by atoms with Crippen LogP contribution in [-0.4, -0.2) is 31.7 Å². The van der Waals surface area contributed by atoms with Crippen LogP contribution < -0.4 is 4.70 Å². The first-order valence-electron chi connectivity index (χ1n) is 14.9. The van der Waals surface area contributed by atoms with Crippen molar-refractivity contribution < 1.29 is 9.19 Å². The predicted molar refractivity (Wildman–Crippen MR) is 144 cm³/mol. The van der Waals surface area contributed by atoms with E-state index in [0.717, 1.165) is 0 Å². The van der Waals surface area contributed by atoms with Gasteiger partial charge < -0.3 is 9.19 Å². The fraction of sp³-hybridized carbons (Fsp3) is 1.00. The Hall–Kier alpha value is -0.110. The highest BCUT2D eigenvalue weighted by Crippen LogP contribution is 2.15. The molecule has 196 valence electrons. The maximum absolute atomic E-state index is 2.46. The van der Waals surface area contributed by atoms with Crippen molar-refractivity contribution in [3.63, 3.8) is 0 Å². The van der Waals surface area contributed by atoms with E-state index in [4.69, 9.17) is 0 Å². The molecule has 2 heteroatoms. The van der Waals surface area contributed by atoms with Crippen LogP contribution >= 0.6 is 0 Å². The highest BCUT2D eigenvalue weighted by molar-refractivity contribution is 4.50. The molecule has 0 radical (unpaired) electrons. The molecule has 0 bridgehead atoms. The number of rotatable bonds is 26. The summed E-state index contributed by atoms with van der Waals surface area (Å²) in [5.74, 6) is 0. The Labute approximate surface area is 204 Å². The number of hydrogen-bond donors (Lipinski definition) is 0. The lowest BCUT2D eigenvalue weighted by Gasteiger charge is -2.30. The van der Waals surface area contributed by atoms with Gasteiger partial charge in [-0.05, 0) is 25.7 Å². The fourth-order valence-electron chi connectivity index (χ4n) is 4.87. The van der Waals surface area contributed by atoms with E-state index >= 15 is 0 Å². The molecule has 0 atom stereocenters. The Morgan fingerprint density at radius 2 is 0.500 bits per heavy atom. The van der Waals surface area contributed by atoms with Gasteiger partial charge in [0.1, 0.15) is 0 Å². The van der Waals surface area contributed by atoms with Crippen LogP contribution in [0.15, 0.2) is 0 Å². The quantitative estimate of drug-likeness (QED) is 0.0933. The SMILES string of the molecule is CCCCCCCCCCCCCC[N+](C)(C)CCCCCCCCCCCCCC.[F-]. The molecule has 0 saturated carbocycles. The molecule has 0 unspecified atom stereocenters. The van der Waals surface area contributed by atoms with E-state index in [9.17, 15) is 0 Å². The van der Waals surface area contributed by atoms with Crippen molar-refractivity contribution in [1.82, 2.24) is 0 Å². The average Bonchev–Trinajstić information content (AvgIpc) is 2.75. The van der Waals surface area contributed by atoms with Gasteiger partial charge in [0.2, 0.25) is 0 Å². The molecule has 0 aliphatic heterocycles. The Kier molecular flexibility index (Phi) is 28.9. The van der Waals surface area contributed by atoms with Gasteiger partial charge in [-0.2, -0.15) is 0 Å². The average molecular weight is 458 g/mol. The van der Waals surface area contributed by atoms with Crippen molar-refractivity contribution in [1.29, 1.82) is 0 Å². The van der Waals surface area contributed by atoms with Crippen molar-refractivity contribution in [3.8, 4) is 0 Å². The molecular weight excluding hydrogens is 393 g/mol. The van der Waals surface area contributed by atoms with Gasteiger partial charge in [0.05, 0.1) is 27.2 Å². The molecule has 32 heavy (non-hydrogen) atoms. The van der Waals surface area contributed by atoms with Gasteiger partial charge in [-0.1, -0.05) is 142 Å². The van der Waals surface area contributed by atoms with E-state index in [-0.39, 0.29) is 4.70 Å². The number of unbranched alkanes of at least 4 members (excludes halogenated alkanes) is 22. The second-order valence-corrected chi connectivity index (χ2v) is 11.2. The summed E-state index contributed by atoms with van der Waals surface area (Å²) in [5.41, 5.74) is 0. The standard InChI is InChI=1S/C30H64N.FH/c1-5-7-9-11-13-15-17-19-21-23-25-27-29-31(3,4)30-28-26-24-22-20-18-16-14-12-10-8-6-2;/h5-30H2,1-4H3;1H/q+1;/p-1. The van der Waals surface area contributed by atoms with Gasteiger partial charge in [-0.25, -0.2) is 0 Å². The summed E-state index contributed by atoms with van der Waals surface area (Å²) in [6, 6.07) is 0. The first-order chi connectivity index (χ1) is 15.1. The lowest BCUT2D eigenvalue weighted by molar-refractivity contribution is -0.890. The molecule has 0 aromatic carbocycles. The van der Waals surface area contributed by atoms with E-state index in [1.165, 1.54) is 172 Å². The van der Waals surface area contributed by atoms with Crippen LogP contribution in [0, 0.1) is 0 Å². The third kappa shape index (κ3) is 27.9. The van der Waals surface area contributed by atoms with Gasteiger partial charge in [0.15, 0.2) is 0 Å². The first-order valence-corrected chi connectivity index (χ1v) is 14.9. The largest absolute Gasteiger partial charge is 1.00 e. The summed E-state index contributed by atoms with van der Waals surface area (Å²) in [6.07, 6.45) is 35.0. The second-order valence-electron chi connectivity index (χ2n) is 11.2. The van der Waals surface area contributed by atoms with E-state index in [1.807, 2.05) is 0 Å². The summed E-state index contributed by atoms with van der Waals surface area (Å²) in [6.45, 7) is 7.38. The Bertz CT molecular complexity index is 299. The Morgan fingerprint density at radius 1 is 0.312 bits per heavy atom. The van der Waals surface area contributed by atoms with Gasteiger partial charge >= 0.3 is 0 Å². The molecule has 0 spiro atoms. The van der Waals surface area contributed by atoms with Gasteiger partial charge in [0.25, 0.3) is 0 Å². The maximum atomic E-state index is 2.46. The van der Waals surface area contributed by atoms with Gasteiger partial charge in [0, 0.05) is 0 Å². The Balaban J connectivity index is 0. The summed E-state index contributed by atoms with van der Waals surface area (Å²) >= 11 is 0. The highest BCUT2D eigenvalue weighted by atomic mass is 19.0. The van der Waals surface area contributed by atoms with E-state index in [0.29, 0.717) is 0 Å². The lowest BCUT2D eigenvalue weighted by Crippen LogP contribution is -3.00. The van der Waals surface area contributed by atoms with Crippen molar-refractivity contribution in [2.75, 3.05) is 27.2 Å². The normalized spacial score (nSPS) is 11.6. The molecule has 0 aromatic rings. The van der Waals surface area contributed by atoms with Crippen LogP contribution in [0.2, 0.25) is 0 Å². The highest BCUT2D eigenvalue weighted by Gasteiger charge is 2.13. The number of nitrogens with zero attached hydrogens (tertiary/aromatic N) is 1. The molecule has 0 rings (SSSR count). The summed E-state index contributed by atoms with van der Waals surface area (Å²) in [5, 5.41) is 0. The van der Waals surface area contributed by atoms with Crippen LogP contribution in [0.1, 0.15) is 168 Å². The molecule has 0 aliphatic carbocycles. The first kappa shape index (κ1) is 34.1. The van der Waals surface area contributed by atoms with E-state index in [2.05, 4.69) is 27.9 Å². The van der Waals surface area contributed by atoms with Crippen LogP contribution in [0.5, 0.6) is 0 Å². The van der Waals surface area contributed by atoms with Gasteiger partial charge in [-0.15, -0.1) is 0 Å². The molecule has 0 saturated heterocycles. The topological polar surface area (TPSA) is 0 Å². The molecule has 1 nitrogen and oxygen atoms in total. The molecular formula is C30H64FN. The van der Waals surface area contributed by atoms with E-state index in [1.54, 1.807) is 0 Å².